The summed E-state index contributed by atoms with van der Waals surface area (Å²) < 4.78 is 1.58. The first kappa shape index (κ1) is 19.4. The lowest BCUT2D eigenvalue weighted by atomic mass is 10.1. The molecule has 0 aliphatic rings. The molecule has 6 nitrogen and oxygen atoms in total. The zero-order valence-electron chi connectivity index (χ0n) is 15.8. The number of carbonyl (C=O) groups is 1. The number of halogens is 2. The number of carbonyl (C=O) groups excluding carboxylic acids is 1. The minimum Gasteiger partial charge on any atom is -0.378 e. The Morgan fingerprint density at radius 3 is 2.48 bits per heavy atom. The van der Waals surface area contributed by atoms with Gasteiger partial charge in [-0.05, 0) is 42.0 Å². The number of benzene rings is 2. The molecule has 148 valence electrons. The van der Waals surface area contributed by atoms with Gasteiger partial charge in [-0.25, -0.2) is 0 Å². The Bertz CT molecular complexity index is 1290. The van der Waals surface area contributed by atoms with E-state index in [1.807, 2.05) is 43.3 Å². The second-order valence-electron chi connectivity index (χ2n) is 6.93. The lowest BCUT2D eigenvalue weighted by molar-refractivity contribution is 0.0951. The second-order valence-corrected chi connectivity index (χ2v) is 7.70. The van der Waals surface area contributed by atoms with Crippen molar-refractivity contribution in [3.8, 4) is 0 Å². The summed E-state index contributed by atoms with van der Waals surface area (Å²) in [6, 6.07) is 14.5. The Morgan fingerprint density at radius 2 is 1.79 bits per heavy atom. The molecule has 0 saturated carbocycles. The highest BCUT2D eigenvalue weighted by molar-refractivity contribution is 6.42. The fraction of sp³-hybridized carbons (Fsp3) is 0.143. The molecule has 2 aromatic heterocycles. The zero-order valence-corrected chi connectivity index (χ0v) is 17.3. The molecule has 0 bridgehead atoms. The monoisotopic (exact) mass is 428 g/mol. The van der Waals surface area contributed by atoms with Crippen LogP contribution in [0.15, 0.2) is 53.3 Å². The molecule has 4 rings (SSSR count). The van der Waals surface area contributed by atoms with E-state index in [1.165, 1.54) is 6.07 Å². The van der Waals surface area contributed by atoms with Crippen LogP contribution in [0.25, 0.3) is 16.6 Å². The Balaban J connectivity index is 1.60. The number of nitrogens with zero attached hydrogens (tertiary/aromatic N) is 2. The third-order valence-corrected chi connectivity index (χ3v) is 5.54. The SMILES string of the molecule is CN(C)c1ccc(CNC(=O)c2ccc3c(c2)[nH]c(=O)c2cc(Cl)c(Cl)n23)cc1. The molecular formula is C21H18Cl2N4O2. The van der Waals surface area contributed by atoms with Gasteiger partial charge >= 0.3 is 0 Å². The number of H-pyrrole nitrogens is 1. The summed E-state index contributed by atoms with van der Waals surface area (Å²) in [5.41, 5.74) is 3.71. The highest BCUT2D eigenvalue weighted by atomic mass is 35.5. The van der Waals surface area contributed by atoms with Gasteiger partial charge in [-0.1, -0.05) is 35.3 Å². The van der Waals surface area contributed by atoms with Crippen LogP contribution >= 0.6 is 23.2 Å². The van der Waals surface area contributed by atoms with Crippen LogP contribution in [0.5, 0.6) is 0 Å². The first-order valence-electron chi connectivity index (χ1n) is 8.92. The molecule has 0 saturated heterocycles. The van der Waals surface area contributed by atoms with Crippen LogP contribution in [0.4, 0.5) is 5.69 Å². The highest BCUT2D eigenvalue weighted by Crippen LogP contribution is 2.28. The standard InChI is InChI=1S/C21H18Cl2N4O2/c1-26(2)14-6-3-12(4-7-14)11-24-20(28)13-5-8-17-16(9-13)25-21(29)18-10-15(22)19(23)27(17)18/h3-10H,11H2,1-2H3,(H,24,28)(H,25,29). The van der Waals surface area contributed by atoms with E-state index in [0.29, 0.717) is 33.7 Å². The summed E-state index contributed by atoms with van der Waals surface area (Å²) in [6.45, 7) is 0.402. The Labute approximate surface area is 176 Å². The number of rotatable bonds is 4. The number of hydrogen-bond acceptors (Lipinski definition) is 3. The molecule has 0 aliphatic carbocycles. The number of fused-ring (bicyclic) bond motifs is 3. The van der Waals surface area contributed by atoms with Crippen LogP contribution in [0.3, 0.4) is 0 Å². The van der Waals surface area contributed by atoms with Crippen molar-refractivity contribution < 1.29 is 4.79 Å². The first-order chi connectivity index (χ1) is 13.8. The molecule has 0 radical (unpaired) electrons. The van der Waals surface area contributed by atoms with Crippen LogP contribution in [-0.2, 0) is 6.54 Å². The van der Waals surface area contributed by atoms with Gasteiger partial charge in [0.15, 0.2) is 0 Å². The van der Waals surface area contributed by atoms with E-state index in [-0.39, 0.29) is 16.6 Å². The lowest BCUT2D eigenvalue weighted by Gasteiger charge is -2.13. The van der Waals surface area contributed by atoms with E-state index in [1.54, 1.807) is 22.6 Å². The molecule has 1 amide bonds. The van der Waals surface area contributed by atoms with Crippen molar-refractivity contribution in [3.05, 3.63) is 80.2 Å². The summed E-state index contributed by atoms with van der Waals surface area (Å²) in [6.07, 6.45) is 0. The molecule has 2 aromatic carbocycles. The van der Waals surface area contributed by atoms with Crippen molar-refractivity contribution >= 4 is 51.3 Å². The second kappa shape index (κ2) is 7.46. The minimum atomic E-state index is -0.329. The smallest absolute Gasteiger partial charge is 0.272 e. The molecule has 8 heteroatoms. The summed E-state index contributed by atoms with van der Waals surface area (Å²) in [5, 5.41) is 3.46. The summed E-state index contributed by atoms with van der Waals surface area (Å²) in [7, 11) is 3.95. The topological polar surface area (TPSA) is 69.6 Å². The van der Waals surface area contributed by atoms with Crippen LogP contribution in [0, 0.1) is 0 Å². The van der Waals surface area contributed by atoms with Gasteiger partial charge in [-0.15, -0.1) is 0 Å². The van der Waals surface area contributed by atoms with Crippen LogP contribution < -0.4 is 15.8 Å². The summed E-state index contributed by atoms with van der Waals surface area (Å²) >= 11 is 12.3. The van der Waals surface area contributed by atoms with E-state index in [9.17, 15) is 9.59 Å². The van der Waals surface area contributed by atoms with Gasteiger partial charge in [0, 0.05) is 31.9 Å². The van der Waals surface area contributed by atoms with Crippen LogP contribution in [0.1, 0.15) is 15.9 Å². The third-order valence-electron chi connectivity index (χ3n) is 4.78. The molecule has 0 aliphatic heterocycles. The number of hydrogen-bond donors (Lipinski definition) is 2. The van der Waals surface area contributed by atoms with Crippen molar-refractivity contribution in [2.45, 2.75) is 6.54 Å². The van der Waals surface area contributed by atoms with Gasteiger partial charge in [0.1, 0.15) is 10.7 Å². The van der Waals surface area contributed by atoms with Crippen LogP contribution in [0.2, 0.25) is 10.2 Å². The van der Waals surface area contributed by atoms with Crippen LogP contribution in [-0.4, -0.2) is 29.4 Å². The maximum absolute atomic E-state index is 12.6. The van der Waals surface area contributed by atoms with E-state index in [2.05, 4.69) is 10.3 Å². The zero-order chi connectivity index (χ0) is 20.7. The van der Waals surface area contributed by atoms with Crippen molar-refractivity contribution in [2.24, 2.45) is 0 Å². The molecule has 0 atom stereocenters. The molecule has 0 spiro atoms. The Kier molecular flexibility index (Phi) is 4.98. The fourth-order valence-electron chi connectivity index (χ4n) is 3.21. The molecule has 0 unspecified atom stereocenters. The van der Waals surface area contributed by atoms with Gasteiger partial charge in [0.25, 0.3) is 11.5 Å². The van der Waals surface area contributed by atoms with Gasteiger partial charge < -0.3 is 15.2 Å². The molecule has 29 heavy (non-hydrogen) atoms. The average molecular weight is 429 g/mol. The quantitative estimate of drug-likeness (QED) is 0.514. The largest absolute Gasteiger partial charge is 0.378 e. The summed E-state index contributed by atoms with van der Waals surface area (Å²) in [5.74, 6) is -0.235. The predicted molar refractivity (Wildman–Crippen MR) is 117 cm³/mol. The number of amides is 1. The molecule has 4 aromatic rings. The number of anilines is 1. The fourth-order valence-corrected chi connectivity index (χ4v) is 3.64. The van der Waals surface area contributed by atoms with E-state index < -0.39 is 0 Å². The average Bonchev–Trinajstić information content (AvgIpc) is 3.01. The first-order valence-corrected chi connectivity index (χ1v) is 9.67. The van der Waals surface area contributed by atoms with Gasteiger partial charge in [0.05, 0.1) is 16.1 Å². The Morgan fingerprint density at radius 1 is 1.07 bits per heavy atom. The van der Waals surface area contributed by atoms with Gasteiger partial charge in [0.2, 0.25) is 0 Å². The molecular weight excluding hydrogens is 411 g/mol. The Hall–Kier alpha value is -2.96. The molecule has 2 heterocycles. The number of aromatic amines is 1. The maximum atomic E-state index is 12.6. The number of aromatic nitrogens is 2. The maximum Gasteiger partial charge on any atom is 0.272 e. The minimum absolute atomic E-state index is 0.235. The number of nitrogens with one attached hydrogen (secondary N) is 2. The third kappa shape index (κ3) is 3.57. The highest BCUT2D eigenvalue weighted by Gasteiger charge is 2.14. The van der Waals surface area contributed by atoms with Crippen molar-refractivity contribution in [2.75, 3.05) is 19.0 Å². The predicted octanol–water partition coefficient (Wildman–Crippen LogP) is 4.08. The molecule has 2 N–H and O–H groups in total. The van der Waals surface area contributed by atoms with Gasteiger partial charge in [-0.2, -0.15) is 0 Å². The summed E-state index contributed by atoms with van der Waals surface area (Å²) in [4.78, 5) is 29.7. The van der Waals surface area contributed by atoms with Crippen molar-refractivity contribution in [3.63, 3.8) is 0 Å². The normalized spacial score (nSPS) is 11.2. The van der Waals surface area contributed by atoms with E-state index in [0.717, 1.165) is 11.3 Å². The molecule has 0 fully saturated rings. The lowest BCUT2D eigenvalue weighted by Crippen LogP contribution is -2.23. The van der Waals surface area contributed by atoms with E-state index >= 15 is 0 Å². The van der Waals surface area contributed by atoms with Gasteiger partial charge in [-0.3, -0.25) is 14.0 Å². The van der Waals surface area contributed by atoms with Crippen molar-refractivity contribution in [1.82, 2.24) is 14.7 Å². The van der Waals surface area contributed by atoms with Crippen molar-refractivity contribution in [1.29, 1.82) is 0 Å². The van der Waals surface area contributed by atoms with E-state index in [4.69, 9.17) is 23.2 Å².